The van der Waals surface area contributed by atoms with Crippen molar-refractivity contribution in [3.8, 4) is 0 Å². The Bertz CT molecular complexity index is 564. The smallest absolute Gasteiger partial charge is 0.149 e. The van der Waals surface area contributed by atoms with Crippen molar-refractivity contribution in [3.05, 3.63) is 39.8 Å². The van der Waals surface area contributed by atoms with Crippen molar-refractivity contribution in [2.45, 2.75) is 27.2 Å². The van der Waals surface area contributed by atoms with E-state index in [-0.39, 0.29) is 5.82 Å². The minimum Gasteiger partial charge on any atom is -0.249 e. The van der Waals surface area contributed by atoms with Crippen molar-refractivity contribution in [1.82, 2.24) is 4.98 Å². The lowest BCUT2D eigenvalue weighted by molar-refractivity contribution is 0.636. The molecule has 0 bridgehead atoms. The number of aryl methyl sites for hydroxylation is 2. The predicted octanol–water partition coefficient (Wildman–Crippen LogP) is 4.21. The van der Waals surface area contributed by atoms with Crippen molar-refractivity contribution in [2.24, 2.45) is 0 Å². The summed E-state index contributed by atoms with van der Waals surface area (Å²) in [5.41, 5.74) is 3.15. The molecule has 0 aliphatic heterocycles. The normalized spacial score (nSPS) is 11.1. The number of nitrogens with zero attached hydrogens (tertiary/aromatic N) is 1. The molecule has 84 valence electrons. The zero-order chi connectivity index (χ0) is 11.9. The number of hydrogen-bond donors (Lipinski definition) is 0. The summed E-state index contributed by atoms with van der Waals surface area (Å²) in [5, 5.41) is 1.36. The highest BCUT2D eigenvalue weighted by atomic mass is 35.5. The molecule has 0 fully saturated rings. The van der Waals surface area contributed by atoms with Crippen molar-refractivity contribution in [2.75, 3.05) is 0 Å². The highest BCUT2D eigenvalue weighted by Crippen LogP contribution is 2.31. The molecule has 0 N–H and O–H groups in total. The van der Waals surface area contributed by atoms with Crippen LogP contribution in [0.3, 0.4) is 0 Å². The second-order valence-electron chi connectivity index (χ2n) is 3.94. The zero-order valence-corrected chi connectivity index (χ0v) is 10.3. The lowest BCUT2D eigenvalue weighted by Crippen LogP contribution is -1.98. The summed E-state index contributed by atoms with van der Waals surface area (Å²) >= 11 is 6.28. The first kappa shape index (κ1) is 11.3. The molecule has 1 aromatic heterocycles. The molecule has 16 heavy (non-hydrogen) atoms. The van der Waals surface area contributed by atoms with E-state index in [1.807, 2.05) is 20.8 Å². The summed E-state index contributed by atoms with van der Waals surface area (Å²) in [5.74, 6) is -0.308. The van der Waals surface area contributed by atoms with Gasteiger partial charge < -0.3 is 0 Å². The van der Waals surface area contributed by atoms with Crippen molar-refractivity contribution >= 4 is 22.5 Å². The molecule has 1 heterocycles. The number of fused-ring (bicyclic) bond motifs is 1. The van der Waals surface area contributed by atoms with Gasteiger partial charge in [0, 0.05) is 11.1 Å². The van der Waals surface area contributed by atoms with E-state index in [1.54, 1.807) is 6.07 Å². The molecule has 1 aromatic carbocycles. The van der Waals surface area contributed by atoms with Gasteiger partial charge in [-0.15, -0.1) is 0 Å². The lowest BCUT2D eigenvalue weighted by atomic mass is 10.0. The van der Waals surface area contributed by atoms with Gasteiger partial charge in [0.2, 0.25) is 0 Å². The van der Waals surface area contributed by atoms with Crippen LogP contribution in [0.15, 0.2) is 12.1 Å². The Labute approximate surface area is 99.3 Å². The van der Waals surface area contributed by atoms with E-state index >= 15 is 0 Å². The zero-order valence-electron chi connectivity index (χ0n) is 9.56. The second kappa shape index (κ2) is 4.02. The fourth-order valence-corrected chi connectivity index (χ4v) is 2.28. The Kier molecular flexibility index (Phi) is 2.85. The van der Waals surface area contributed by atoms with E-state index in [0.717, 1.165) is 28.6 Å². The summed E-state index contributed by atoms with van der Waals surface area (Å²) in [6.45, 7) is 5.84. The van der Waals surface area contributed by atoms with E-state index < -0.39 is 0 Å². The Morgan fingerprint density at radius 1 is 1.31 bits per heavy atom. The molecule has 1 nitrogen and oxygen atoms in total. The fraction of sp³-hybridized carbons (Fsp3) is 0.308. The van der Waals surface area contributed by atoms with Crippen LogP contribution in [0.5, 0.6) is 0 Å². The van der Waals surface area contributed by atoms with Gasteiger partial charge >= 0.3 is 0 Å². The van der Waals surface area contributed by atoms with Gasteiger partial charge in [-0.25, -0.2) is 9.37 Å². The first-order valence-corrected chi connectivity index (χ1v) is 5.67. The summed E-state index contributed by atoms with van der Waals surface area (Å²) in [6, 6.07) is 3.17. The van der Waals surface area contributed by atoms with E-state index in [4.69, 9.17) is 11.6 Å². The van der Waals surface area contributed by atoms with Crippen LogP contribution in [0.25, 0.3) is 10.9 Å². The monoisotopic (exact) mass is 237 g/mol. The van der Waals surface area contributed by atoms with Gasteiger partial charge in [0.25, 0.3) is 0 Å². The molecule has 0 radical (unpaired) electrons. The van der Waals surface area contributed by atoms with E-state index in [0.29, 0.717) is 10.5 Å². The molecule has 2 aromatic rings. The van der Waals surface area contributed by atoms with Crippen molar-refractivity contribution in [3.63, 3.8) is 0 Å². The molecule has 0 atom stereocenters. The van der Waals surface area contributed by atoms with E-state index in [1.165, 1.54) is 6.07 Å². The Hall–Kier alpha value is -1.15. The Balaban J connectivity index is 2.97. The van der Waals surface area contributed by atoms with Crippen LogP contribution in [-0.4, -0.2) is 4.98 Å². The summed E-state index contributed by atoms with van der Waals surface area (Å²) < 4.78 is 13.7. The third kappa shape index (κ3) is 1.57. The van der Waals surface area contributed by atoms with Crippen molar-refractivity contribution < 1.29 is 4.39 Å². The van der Waals surface area contributed by atoms with Crippen LogP contribution in [0.1, 0.15) is 23.7 Å². The first-order chi connectivity index (χ1) is 7.56. The topological polar surface area (TPSA) is 12.9 Å². The molecular formula is C13H13ClFN. The lowest BCUT2D eigenvalue weighted by Gasteiger charge is -2.11. The summed E-state index contributed by atoms with van der Waals surface area (Å²) in [7, 11) is 0. The minimum atomic E-state index is -0.308. The molecular weight excluding hydrogens is 225 g/mol. The van der Waals surface area contributed by atoms with Crippen molar-refractivity contribution in [1.29, 1.82) is 0 Å². The first-order valence-electron chi connectivity index (χ1n) is 5.30. The van der Waals surface area contributed by atoms with E-state index in [2.05, 4.69) is 4.98 Å². The quantitative estimate of drug-likeness (QED) is 0.724. The SMILES string of the molecule is CCc1nc2c(F)ccc(C)c2c(Cl)c1C. The number of hydrogen-bond acceptors (Lipinski definition) is 1. The highest BCUT2D eigenvalue weighted by molar-refractivity contribution is 6.36. The molecule has 0 saturated heterocycles. The largest absolute Gasteiger partial charge is 0.249 e. The van der Waals surface area contributed by atoms with Gasteiger partial charge in [-0.2, -0.15) is 0 Å². The van der Waals surface area contributed by atoms with E-state index in [9.17, 15) is 4.39 Å². The van der Waals surface area contributed by atoms with Crippen LogP contribution in [0, 0.1) is 19.7 Å². The number of halogens is 2. The fourth-order valence-electron chi connectivity index (χ4n) is 1.93. The van der Waals surface area contributed by atoms with Gasteiger partial charge in [0.1, 0.15) is 11.3 Å². The second-order valence-corrected chi connectivity index (χ2v) is 4.32. The van der Waals surface area contributed by atoms with Crippen LogP contribution >= 0.6 is 11.6 Å². The number of rotatable bonds is 1. The van der Waals surface area contributed by atoms with Gasteiger partial charge in [-0.05, 0) is 37.5 Å². The highest BCUT2D eigenvalue weighted by Gasteiger charge is 2.13. The van der Waals surface area contributed by atoms with Crippen LogP contribution in [-0.2, 0) is 6.42 Å². The molecule has 0 aliphatic carbocycles. The molecule has 0 unspecified atom stereocenters. The number of pyridine rings is 1. The maximum Gasteiger partial charge on any atom is 0.149 e. The van der Waals surface area contributed by atoms with Crippen LogP contribution in [0.2, 0.25) is 5.02 Å². The Morgan fingerprint density at radius 2 is 2.00 bits per heavy atom. The molecule has 0 spiro atoms. The molecule has 0 aliphatic rings. The van der Waals surface area contributed by atoms with Gasteiger partial charge in [0.15, 0.2) is 0 Å². The van der Waals surface area contributed by atoms with Crippen LogP contribution in [0.4, 0.5) is 4.39 Å². The third-order valence-corrected chi connectivity index (χ3v) is 3.37. The molecule has 0 saturated carbocycles. The Morgan fingerprint density at radius 3 is 2.62 bits per heavy atom. The molecule has 0 amide bonds. The average Bonchev–Trinajstić information content (AvgIpc) is 2.27. The molecule has 2 rings (SSSR count). The standard InChI is InChI=1S/C13H13ClFN/c1-4-10-8(3)12(14)11-7(2)5-6-9(15)13(11)16-10/h5-6H,4H2,1-3H3. The maximum absolute atomic E-state index is 13.7. The minimum absolute atomic E-state index is 0.308. The number of aromatic nitrogens is 1. The van der Waals surface area contributed by atoms with Gasteiger partial charge in [0.05, 0.1) is 5.02 Å². The third-order valence-electron chi connectivity index (χ3n) is 2.90. The average molecular weight is 238 g/mol. The maximum atomic E-state index is 13.7. The molecule has 3 heteroatoms. The summed E-state index contributed by atoms with van der Waals surface area (Å²) in [4.78, 5) is 4.35. The van der Waals surface area contributed by atoms with Gasteiger partial charge in [-0.1, -0.05) is 24.6 Å². The summed E-state index contributed by atoms with van der Waals surface area (Å²) in [6.07, 6.45) is 0.759. The number of benzene rings is 1. The predicted molar refractivity (Wildman–Crippen MR) is 65.6 cm³/mol. The van der Waals surface area contributed by atoms with Gasteiger partial charge in [-0.3, -0.25) is 0 Å². The van der Waals surface area contributed by atoms with Crippen LogP contribution < -0.4 is 0 Å².